The molecule has 0 spiro atoms. The van der Waals surface area contributed by atoms with Gasteiger partial charge in [0.05, 0.1) is 0 Å². The number of aromatic amines is 1. The number of nitrogens with zero attached hydrogens (tertiary/aromatic N) is 1. The maximum absolute atomic E-state index is 10.9. The third-order valence-corrected chi connectivity index (χ3v) is 4.66. The summed E-state index contributed by atoms with van der Waals surface area (Å²) >= 11 is 0. The molecule has 1 unspecified atom stereocenters. The van der Waals surface area contributed by atoms with Gasteiger partial charge in [0.25, 0.3) is 0 Å². The van der Waals surface area contributed by atoms with Gasteiger partial charge in [0.1, 0.15) is 0 Å². The lowest BCUT2D eigenvalue weighted by atomic mass is 10.0. The molecule has 4 nitrogen and oxygen atoms in total. The third kappa shape index (κ3) is 10.4. The molecule has 4 heteroatoms. The molecule has 0 fully saturated rings. The van der Waals surface area contributed by atoms with E-state index in [1.165, 1.54) is 83.5 Å². The van der Waals surface area contributed by atoms with Crippen LogP contribution in [0.3, 0.4) is 0 Å². The lowest BCUT2D eigenvalue weighted by Gasteiger charge is -2.06. The van der Waals surface area contributed by atoms with Crippen LogP contribution in [-0.2, 0) is 0 Å². The summed E-state index contributed by atoms with van der Waals surface area (Å²) in [5.74, 6) is 0.528. The van der Waals surface area contributed by atoms with E-state index in [0.29, 0.717) is 5.82 Å². The van der Waals surface area contributed by atoms with Crippen LogP contribution in [0, 0.1) is 0 Å². The van der Waals surface area contributed by atoms with Crippen LogP contribution in [0.15, 0.2) is 9.32 Å². The highest BCUT2D eigenvalue weighted by Gasteiger charge is 2.10. The Bertz CT molecular complexity index is 425. The number of aromatic nitrogens is 2. The Morgan fingerprint density at radius 1 is 0.870 bits per heavy atom. The first-order valence-electron chi connectivity index (χ1n) is 9.80. The van der Waals surface area contributed by atoms with Gasteiger partial charge < -0.3 is 0 Å². The average Bonchev–Trinajstić information content (AvgIpc) is 2.98. The lowest BCUT2D eigenvalue weighted by Crippen LogP contribution is -2.01. The molecule has 0 aliphatic rings. The minimum atomic E-state index is -0.447. The van der Waals surface area contributed by atoms with Gasteiger partial charge in [-0.3, -0.25) is 9.51 Å². The fraction of sp³-hybridized carbons (Fsp3) is 0.895. The van der Waals surface area contributed by atoms with E-state index >= 15 is 0 Å². The van der Waals surface area contributed by atoms with Gasteiger partial charge in [0.15, 0.2) is 5.82 Å². The molecule has 1 aromatic heterocycles. The Labute approximate surface area is 141 Å². The van der Waals surface area contributed by atoms with Crippen LogP contribution in [0.5, 0.6) is 0 Å². The Balaban J connectivity index is 1.82. The fourth-order valence-electron chi connectivity index (χ4n) is 3.06. The number of nitrogens with one attached hydrogen (secondary N) is 1. The second kappa shape index (κ2) is 13.4. The summed E-state index contributed by atoms with van der Waals surface area (Å²) in [7, 11) is 0. The molecule has 0 saturated carbocycles. The van der Waals surface area contributed by atoms with Gasteiger partial charge in [-0.1, -0.05) is 102 Å². The first-order valence-corrected chi connectivity index (χ1v) is 9.80. The van der Waals surface area contributed by atoms with Gasteiger partial charge in [-0.05, 0) is 6.42 Å². The average molecular weight is 325 g/mol. The highest BCUT2D eigenvalue weighted by Crippen LogP contribution is 2.19. The number of unbranched alkanes of at least 4 members (excludes halogenated alkanes) is 12. The fourth-order valence-corrected chi connectivity index (χ4v) is 3.06. The van der Waals surface area contributed by atoms with Gasteiger partial charge in [0.2, 0.25) is 0 Å². The Hall–Kier alpha value is -1.06. The summed E-state index contributed by atoms with van der Waals surface area (Å²) in [4.78, 5) is 13.5. The number of rotatable bonds is 15. The van der Waals surface area contributed by atoms with E-state index in [9.17, 15) is 4.79 Å². The Morgan fingerprint density at radius 3 is 1.78 bits per heavy atom. The van der Waals surface area contributed by atoms with Gasteiger partial charge in [-0.25, -0.2) is 4.79 Å². The van der Waals surface area contributed by atoms with Gasteiger partial charge in [-0.2, -0.15) is 0 Å². The summed E-state index contributed by atoms with van der Waals surface area (Å²) < 4.78 is 4.54. The minimum Gasteiger partial charge on any atom is -0.296 e. The van der Waals surface area contributed by atoms with Crippen LogP contribution >= 0.6 is 0 Å². The zero-order valence-corrected chi connectivity index (χ0v) is 15.2. The second-order valence-corrected chi connectivity index (χ2v) is 6.91. The summed E-state index contributed by atoms with van der Waals surface area (Å²) in [6.07, 6.45) is 18.9. The quantitative estimate of drug-likeness (QED) is 0.406. The lowest BCUT2D eigenvalue weighted by molar-refractivity contribution is 0.376. The van der Waals surface area contributed by atoms with Crippen molar-refractivity contribution in [2.24, 2.45) is 0 Å². The number of hydrogen-bond acceptors (Lipinski definition) is 3. The highest BCUT2D eigenvalue weighted by atomic mass is 16.5. The van der Waals surface area contributed by atoms with Crippen molar-refractivity contribution < 1.29 is 4.52 Å². The van der Waals surface area contributed by atoms with Crippen molar-refractivity contribution in [3.05, 3.63) is 16.4 Å². The van der Waals surface area contributed by atoms with Crippen molar-refractivity contribution >= 4 is 0 Å². The molecule has 0 bridgehead atoms. The molecule has 0 aliphatic carbocycles. The third-order valence-electron chi connectivity index (χ3n) is 4.66. The monoisotopic (exact) mass is 324 g/mol. The van der Waals surface area contributed by atoms with E-state index in [0.717, 1.165) is 6.42 Å². The van der Waals surface area contributed by atoms with Gasteiger partial charge in [-0.15, -0.1) is 0 Å². The topological polar surface area (TPSA) is 58.9 Å². The Kier molecular flexibility index (Phi) is 11.6. The van der Waals surface area contributed by atoms with E-state index in [-0.39, 0.29) is 5.92 Å². The largest absolute Gasteiger partial charge is 0.438 e. The minimum absolute atomic E-state index is 0.286. The zero-order chi connectivity index (χ0) is 16.8. The maximum atomic E-state index is 10.9. The molecule has 0 saturated heterocycles. The molecule has 134 valence electrons. The predicted molar refractivity (Wildman–Crippen MR) is 95.9 cm³/mol. The zero-order valence-electron chi connectivity index (χ0n) is 15.2. The van der Waals surface area contributed by atoms with Crippen LogP contribution in [0.1, 0.15) is 115 Å². The molecular weight excluding hydrogens is 288 g/mol. The van der Waals surface area contributed by atoms with E-state index in [2.05, 4.69) is 28.5 Å². The van der Waals surface area contributed by atoms with Crippen molar-refractivity contribution in [3.63, 3.8) is 0 Å². The van der Waals surface area contributed by atoms with Crippen molar-refractivity contribution in [1.82, 2.24) is 10.1 Å². The van der Waals surface area contributed by atoms with E-state index in [1.54, 1.807) is 0 Å². The predicted octanol–water partition coefficient (Wildman–Crippen LogP) is 5.95. The molecule has 0 radical (unpaired) electrons. The van der Waals surface area contributed by atoms with Crippen molar-refractivity contribution in [2.45, 2.75) is 110 Å². The number of H-pyrrole nitrogens is 1. The first kappa shape index (κ1) is 20.0. The summed E-state index contributed by atoms with van der Waals surface area (Å²) in [5, 5.41) is 3.75. The SMILES string of the molecule is CCCCCCCCCCCCCCCC(C)c1noc(=O)[nH]1. The smallest absolute Gasteiger partial charge is 0.296 e. The standard InChI is InChI=1S/C19H36N2O2/c1-3-4-5-6-7-8-9-10-11-12-13-14-15-16-17(2)18-20-19(22)23-21-18/h17H,3-16H2,1-2H3,(H,20,21,22). The molecule has 23 heavy (non-hydrogen) atoms. The van der Waals surface area contributed by atoms with Gasteiger partial charge in [0, 0.05) is 5.92 Å². The summed E-state index contributed by atoms with van der Waals surface area (Å²) in [6, 6.07) is 0. The second-order valence-electron chi connectivity index (χ2n) is 6.91. The Morgan fingerprint density at radius 2 is 1.35 bits per heavy atom. The highest BCUT2D eigenvalue weighted by molar-refractivity contribution is 4.88. The van der Waals surface area contributed by atoms with Crippen molar-refractivity contribution in [2.75, 3.05) is 0 Å². The van der Waals surface area contributed by atoms with E-state index in [4.69, 9.17) is 0 Å². The van der Waals surface area contributed by atoms with Crippen LogP contribution in [0.25, 0.3) is 0 Å². The van der Waals surface area contributed by atoms with E-state index < -0.39 is 5.76 Å². The first-order chi connectivity index (χ1) is 11.2. The maximum Gasteiger partial charge on any atom is 0.438 e. The molecule has 1 N–H and O–H groups in total. The molecule has 1 atom stereocenters. The van der Waals surface area contributed by atoms with Crippen LogP contribution in [0.4, 0.5) is 0 Å². The van der Waals surface area contributed by atoms with Gasteiger partial charge >= 0.3 is 5.76 Å². The van der Waals surface area contributed by atoms with Crippen LogP contribution in [-0.4, -0.2) is 10.1 Å². The molecule has 0 amide bonds. The van der Waals surface area contributed by atoms with Crippen molar-refractivity contribution in [1.29, 1.82) is 0 Å². The molecular formula is C19H36N2O2. The van der Waals surface area contributed by atoms with Crippen molar-refractivity contribution in [3.8, 4) is 0 Å². The molecule has 1 heterocycles. The van der Waals surface area contributed by atoms with E-state index in [1.807, 2.05) is 0 Å². The van der Waals surface area contributed by atoms with Crippen LogP contribution < -0.4 is 5.76 Å². The van der Waals surface area contributed by atoms with Crippen LogP contribution in [0.2, 0.25) is 0 Å². The summed E-state index contributed by atoms with van der Waals surface area (Å²) in [5.41, 5.74) is 0. The molecule has 0 aromatic carbocycles. The summed E-state index contributed by atoms with van der Waals surface area (Å²) in [6.45, 7) is 4.37. The molecule has 1 aromatic rings. The molecule has 0 aliphatic heterocycles. The normalized spacial score (nSPS) is 12.6. The number of hydrogen-bond donors (Lipinski definition) is 1. The molecule has 1 rings (SSSR count).